The van der Waals surface area contributed by atoms with Crippen molar-refractivity contribution >= 4 is 39.1 Å². The van der Waals surface area contributed by atoms with Crippen LogP contribution in [0.15, 0.2) is 77.7 Å². The van der Waals surface area contributed by atoms with E-state index in [0.717, 1.165) is 16.4 Å². The van der Waals surface area contributed by atoms with Crippen LogP contribution in [0.25, 0.3) is 0 Å². The number of carbonyl (C=O) groups is 2. The van der Waals surface area contributed by atoms with Crippen molar-refractivity contribution < 1.29 is 27.1 Å². The standard InChI is InChI=1S/C26H27ClFN3O5S/c1-18(26(33)29-2)30(16-19-4-6-20(27)7-5-19)25(32)17-31(22-10-8-21(28)9-11-22)37(34,35)24-14-12-23(36-3)13-15-24/h4-15,18H,16-17H2,1-3H3,(H,29,33)/t18-/m1/s1. The molecule has 11 heteroatoms. The first-order valence-corrected chi connectivity index (χ1v) is 13.1. The number of anilines is 1. The molecule has 0 bridgehead atoms. The maximum absolute atomic E-state index is 13.7. The zero-order chi connectivity index (χ0) is 27.2. The average molecular weight is 548 g/mol. The molecule has 37 heavy (non-hydrogen) atoms. The van der Waals surface area contributed by atoms with E-state index in [0.29, 0.717) is 16.3 Å². The molecule has 0 aliphatic heterocycles. The van der Waals surface area contributed by atoms with E-state index in [1.54, 1.807) is 31.2 Å². The van der Waals surface area contributed by atoms with E-state index in [1.807, 2.05) is 0 Å². The van der Waals surface area contributed by atoms with Gasteiger partial charge < -0.3 is 15.0 Å². The summed E-state index contributed by atoms with van der Waals surface area (Å²) in [5, 5.41) is 3.02. The number of nitrogens with zero attached hydrogens (tertiary/aromatic N) is 2. The Labute approximate surface area is 220 Å². The fraction of sp³-hybridized carbons (Fsp3) is 0.231. The monoisotopic (exact) mass is 547 g/mol. The smallest absolute Gasteiger partial charge is 0.264 e. The molecule has 0 fully saturated rings. The van der Waals surface area contributed by atoms with Crippen LogP contribution in [-0.2, 0) is 26.2 Å². The summed E-state index contributed by atoms with van der Waals surface area (Å²) in [5.74, 6) is -1.16. The Kier molecular flexibility index (Phi) is 9.12. The Morgan fingerprint density at radius 3 is 2.14 bits per heavy atom. The molecule has 0 spiro atoms. The van der Waals surface area contributed by atoms with Crippen LogP contribution < -0.4 is 14.4 Å². The van der Waals surface area contributed by atoms with Crippen LogP contribution in [0, 0.1) is 5.82 Å². The van der Waals surface area contributed by atoms with Gasteiger partial charge in [-0.2, -0.15) is 0 Å². The van der Waals surface area contributed by atoms with Crippen molar-refractivity contribution in [2.45, 2.75) is 24.4 Å². The molecule has 0 heterocycles. The summed E-state index contributed by atoms with van der Waals surface area (Å²) < 4.78 is 46.9. The number of rotatable bonds is 10. The van der Waals surface area contributed by atoms with Crippen LogP contribution in [0.4, 0.5) is 10.1 Å². The highest BCUT2D eigenvalue weighted by Crippen LogP contribution is 2.26. The van der Waals surface area contributed by atoms with Gasteiger partial charge in [-0.05, 0) is 73.2 Å². The molecule has 0 saturated carbocycles. The minimum absolute atomic E-state index is 0.0322. The Morgan fingerprint density at radius 1 is 1.00 bits per heavy atom. The summed E-state index contributed by atoms with van der Waals surface area (Å²) in [4.78, 5) is 27.3. The van der Waals surface area contributed by atoms with Gasteiger partial charge >= 0.3 is 0 Å². The van der Waals surface area contributed by atoms with E-state index < -0.39 is 40.2 Å². The third-order valence-corrected chi connectivity index (χ3v) is 7.76. The van der Waals surface area contributed by atoms with E-state index in [4.69, 9.17) is 16.3 Å². The minimum Gasteiger partial charge on any atom is -0.497 e. The van der Waals surface area contributed by atoms with Gasteiger partial charge in [-0.3, -0.25) is 13.9 Å². The number of hydrogen-bond donors (Lipinski definition) is 1. The SMILES string of the molecule is CNC(=O)[C@@H](C)N(Cc1ccc(Cl)cc1)C(=O)CN(c1ccc(F)cc1)S(=O)(=O)c1ccc(OC)cc1. The number of likely N-dealkylation sites (N-methyl/N-ethyl adjacent to an activating group) is 1. The van der Waals surface area contributed by atoms with Crippen molar-refractivity contribution in [1.82, 2.24) is 10.2 Å². The summed E-state index contributed by atoms with van der Waals surface area (Å²) in [7, 11) is -1.36. The first-order valence-electron chi connectivity index (χ1n) is 11.2. The molecule has 3 aromatic rings. The second-order valence-corrected chi connectivity index (χ2v) is 10.4. The predicted molar refractivity (Wildman–Crippen MR) is 139 cm³/mol. The zero-order valence-electron chi connectivity index (χ0n) is 20.5. The average Bonchev–Trinajstić information content (AvgIpc) is 2.91. The molecule has 0 radical (unpaired) electrons. The molecule has 3 aromatic carbocycles. The van der Waals surface area contributed by atoms with E-state index in [1.165, 1.54) is 55.5 Å². The third-order valence-electron chi connectivity index (χ3n) is 5.72. The maximum atomic E-state index is 13.7. The van der Waals surface area contributed by atoms with Gasteiger partial charge in [0.2, 0.25) is 11.8 Å². The highest BCUT2D eigenvalue weighted by molar-refractivity contribution is 7.92. The van der Waals surface area contributed by atoms with Crippen LogP contribution in [0.3, 0.4) is 0 Å². The fourth-order valence-corrected chi connectivity index (χ4v) is 5.13. The molecule has 0 aromatic heterocycles. The largest absolute Gasteiger partial charge is 0.497 e. The molecule has 0 saturated heterocycles. The highest BCUT2D eigenvalue weighted by atomic mass is 35.5. The van der Waals surface area contributed by atoms with Gasteiger partial charge in [-0.15, -0.1) is 0 Å². The fourth-order valence-electron chi connectivity index (χ4n) is 3.59. The number of nitrogens with one attached hydrogen (secondary N) is 1. The van der Waals surface area contributed by atoms with Gasteiger partial charge in [-0.1, -0.05) is 23.7 Å². The normalized spacial score (nSPS) is 11.9. The van der Waals surface area contributed by atoms with Crippen LogP contribution >= 0.6 is 11.6 Å². The molecule has 0 unspecified atom stereocenters. The van der Waals surface area contributed by atoms with Crippen molar-refractivity contribution in [3.05, 3.63) is 89.2 Å². The quantitative estimate of drug-likeness (QED) is 0.416. The first-order chi connectivity index (χ1) is 17.6. The predicted octanol–water partition coefficient (Wildman–Crippen LogP) is 3.85. The number of ether oxygens (including phenoxy) is 1. The topological polar surface area (TPSA) is 96.0 Å². The Balaban J connectivity index is 2.01. The lowest BCUT2D eigenvalue weighted by Crippen LogP contribution is -2.50. The number of carbonyl (C=O) groups excluding carboxylic acids is 2. The van der Waals surface area contributed by atoms with Crippen LogP contribution in [0.5, 0.6) is 5.75 Å². The molecule has 2 amide bonds. The lowest BCUT2D eigenvalue weighted by atomic mass is 10.1. The molecular weight excluding hydrogens is 521 g/mol. The highest BCUT2D eigenvalue weighted by Gasteiger charge is 2.32. The molecule has 0 aliphatic carbocycles. The van der Waals surface area contributed by atoms with Gasteiger partial charge in [0.15, 0.2) is 0 Å². The molecule has 1 N–H and O–H groups in total. The van der Waals surface area contributed by atoms with Crippen LogP contribution in [0.1, 0.15) is 12.5 Å². The molecular formula is C26H27ClFN3O5S. The second kappa shape index (κ2) is 12.1. The summed E-state index contributed by atoms with van der Waals surface area (Å²) in [6.45, 7) is 0.951. The van der Waals surface area contributed by atoms with Gasteiger partial charge in [-0.25, -0.2) is 12.8 Å². The number of methoxy groups -OCH3 is 1. The third kappa shape index (κ3) is 6.78. The number of amides is 2. The van der Waals surface area contributed by atoms with Gasteiger partial charge in [0, 0.05) is 18.6 Å². The van der Waals surface area contributed by atoms with Crippen molar-refractivity contribution in [2.24, 2.45) is 0 Å². The number of halogens is 2. The summed E-state index contributed by atoms with van der Waals surface area (Å²) >= 11 is 5.97. The van der Waals surface area contributed by atoms with Crippen molar-refractivity contribution in [2.75, 3.05) is 25.0 Å². The summed E-state index contributed by atoms with van der Waals surface area (Å²) in [6, 6.07) is 16.3. The van der Waals surface area contributed by atoms with Gasteiger partial charge in [0.1, 0.15) is 24.2 Å². The van der Waals surface area contributed by atoms with E-state index in [9.17, 15) is 22.4 Å². The Bertz CT molecular complexity index is 1330. The summed E-state index contributed by atoms with van der Waals surface area (Å²) in [6.07, 6.45) is 0. The molecule has 1 atom stereocenters. The Hall–Kier alpha value is -3.63. The van der Waals surface area contributed by atoms with Crippen LogP contribution in [-0.4, -0.2) is 51.9 Å². The minimum atomic E-state index is -4.26. The van der Waals surface area contributed by atoms with E-state index in [2.05, 4.69) is 5.32 Å². The first kappa shape index (κ1) is 27.9. The van der Waals surface area contributed by atoms with Crippen molar-refractivity contribution in [3.8, 4) is 5.75 Å². The zero-order valence-corrected chi connectivity index (χ0v) is 22.1. The maximum Gasteiger partial charge on any atom is 0.264 e. The molecule has 8 nitrogen and oxygen atoms in total. The van der Waals surface area contributed by atoms with Gasteiger partial charge in [0.25, 0.3) is 10.0 Å². The molecule has 3 rings (SSSR count). The number of benzene rings is 3. The molecule has 196 valence electrons. The number of hydrogen-bond acceptors (Lipinski definition) is 5. The summed E-state index contributed by atoms with van der Waals surface area (Å²) in [5.41, 5.74) is 0.782. The van der Waals surface area contributed by atoms with E-state index in [-0.39, 0.29) is 17.1 Å². The lowest BCUT2D eigenvalue weighted by Gasteiger charge is -2.31. The van der Waals surface area contributed by atoms with Crippen LogP contribution in [0.2, 0.25) is 5.02 Å². The lowest BCUT2D eigenvalue weighted by molar-refractivity contribution is -0.139. The van der Waals surface area contributed by atoms with Crippen molar-refractivity contribution in [3.63, 3.8) is 0 Å². The van der Waals surface area contributed by atoms with E-state index >= 15 is 0 Å². The Morgan fingerprint density at radius 2 is 1.59 bits per heavy atom. The molecule has 0 aliphatic rings. The number of sulfonamides is 1. The van der Waals surface area contributed by atoms with Crippen molar-refractivity contribution in [1.29, 1.82) is 0 Å². The second-order valence-electron chi connectivity index (χ2n) is 8.10. The van der Waals surface area contributed by atoms with Gasteiger partial charge in [0.05, 0.1) is 17.7 Å².